The highest BCUT2D eigenvalue weighted by Gasteiger charge is 2.14. The fourth-order valence-corrected chi connectivity index (χ4v) is 1.81. The molecule has 0 fully saturated rings. The number of pyridine rings is 1. The lowest BCUT2D eigenvalue weighted by Crippen LogP contribution is -1.92. The molecule has 0 N–H and O–H groups in total. The summed E-state index contributed by atoms with van der Waals surface area (Å²) in [5.74, 6) is 1.99. The van der Waals surface area contributed by atoms with Crippen molar-refractivity contribution in [3.05, 3.63) is 30.0 Å². The standard InChI is InChI=1S/C10H8ClN5O/c1-6-12-10(17-15-6)7-3-2-4-16-8(5-11)13-14-9(7)16/h2-4H,5H2,1H3. The molecule has 3 heterocycles. The Bertz CT molecular complexity index is 674. The van der Waals surface area contributed by atoms with Crippen LogP contribution in [0.3, 0.4) is 0 Å². The molecule has 0 amide bonds. The Morgan fingerprint density at radius 3 is 3.00 bits per heavy atom. The predicted molar refractivity (Wildman–Crippen MR) is 60.6 cm³/mol. The Labute approximate surface area is 101 Å². The SMILES string of the molecule is Cc1noc(-c2cccn3c(CCl)nnc23)n1. The van der Waals surface area contributed by atoms with Crippen LogP contribution in [0.5, 0.6) is 0 Å². The highest BCUT2D eigenvalue weighted by atomic mass is 35.5. The van der Waals surface area contributed by atoms with E-state index >= 15 is 0 Å². The van der Waals surface area contributed by atoms with Gasteiger partial charge in [0.1, 0.15) is 0 Å². The Morgan fingerprint density at radius 2 is 2.29 bits per heavy atom. The van der Waals surface area contributed by atoms with Crippen LogP contribution in [0.15, 0.2) is 22.9 Å². The molecule has 0 aliphatic carbocycles. The molecule has 0 aromatic carbocycles. The maximum atomic E-state index is 5.77. The number of halogens is 1. The van der Waals surface area contributed by atoms with E-state index in [4.69, 9.17) is 16.1 Å². The highest BCUT2D eigenvalue weighted by Crippen LogP contribution is 2.22. The summed E-state index contributed by atoms with van der Waals surface area (Å²) < 4.78 is 6.93. The van der Waals surface area contributed by atoms with E-state index < -0.39 is 0 Å². The Hall–Kier alpha value is -1.95. The average molecular weight is 250 g/mol. The third kappa shape index (κ3) is 1.57. The maximum Gasteiger partial charge on any atom is 0.261 e. The van der Waals surface area contributed by atoms with Gasteiger partial charge in [0.15, 0.2) is 17.3 Å². The van der Waals surface area contributed by atoms with Gasteiger partial charge in [0.05, 0.1) is 11.4 Å². The molecule has 0 aliphatic rings. The van der Waals surface area contributed by atoms with Crippen LogP contribution in [0.1, 0.15) is 11.6 Å². The molecule has 0 unspecified atom stereocenters. The van der Waals surface area contributed by atoms with Gasteiger partial charge in [-0.2, -0.15) is 4.98 Å². The van der Waals surface area contributed by atoms with E-state index in [9.17, 15) is 0 Å². The Morgan fingerprint density at radius 1 is 1.41 bits per heavy atom. The lowest BCUT2D eigenvalue weighted by molar-refractivity contribution is 0.426. The largest absolute Gasteiger partial charge is 0.334 e. The average Bonchev–Trinajstić information content (AvgIpc) is 2.94. The van der Waals surface area contributed by atoms with Gasteiger partial charge in [-0.3, -0.25) is 4.40 Å². The fourth-order valence-electron chi connectivity index (χ4n) is 1.63. The van der Waals surface area contributed by atoms with Gasteiger partial charge in [-0.1, -0.05) is 5.16 Å². The first-order valence-electron chi connectivity index (χ1n) is 4.99. The zero-order valence-corrected chi connectivity index (χ0v) is 9.72. The Balaban J connectivity index is 2.26. The molecule has 0 aliphatic heterocycles. The predicted octanol–water partition coefficient (Wildman–Crippen LogP) is 1.83. The molecule has 0 radical (unpaired) electrons. The summed E-state index contributed by atoms with van der Waals surface area (Å²) in [7, 11) is 0. The monoisotopic (exact) mass is 249 g/mol. The summed E-state index contributed by atoms with van der Waals surface area (Å²) in [5.41, 5.74) is 1.41. The number of rotatable bonds is 2. The highest BCUT2D eigenvalue weighted by molar-refractivity contribution is 6.16. The first-order chi connectivity index (χ1) is 8.29. The lowest BCUT2D eigenvalue weighted by Gasteiger charge is -1.98. The molecule has 0 saturated heterocycles. The third-order valence-corrected chi connectivity index (χ3v) is 2.62. The topological polar surface area (TPSA) is 69.1 Å². The van der Waals surface area contributed by atoms with Gasteiger partial charge < -0.3 is 4.52 Å². The molecular weight excluding hydrogens is 242 g/mol. The molecule has 0 atom stereocenters. The summed E-state index contributed by atoms with van der Waals surface area (Å²) in [6.07, 6.45) is 1.85. The van der Waals surface area contributed by atoms with Gasteiger partial charge in [-0.05, 0) is 19.1 Å². The molecule has 0 spiro atoms. The zero-order chi connectivity index (χ0) is 11.8. The summed E-state index contributed by atoms with van der Waals surface area (Å²) in [6.45, 7) is 1.77. The summed E-state index contributed by atoms with van der Waals surface area (Å²) in [5, 5.41) is 11.8. The third-order valence-electron chi connectivity index (χ3n) is 2.38. The van der Waals surface area contributed by atoms with Crippen molar-refractivity contribution >= 4 is 17.2 Å². The minimum Gasteiger partial charge on any atom is -0.334 e. The molecule has 3 aromatic heterocycles. The molecule has 3 aromatic rings. The summed E-state index contributed by atoms with van der Waals surface area (Å²) >= 11 is 5.77. The van der Waals surface area contributed by atoms with Crippen LogP contribution in [0.4, 0.5) is 0 Å². The molecule has 0 saturated carbocycles. The van der Waals surface area contributed by atoms with Crippen molar-refractivity contribution in [1.82, 2.24) is 24.7 Å². The van der Waals surface area contributed by atoms with Crippen molar-refractivity contribution in [3.63, 3.8) is 0 Å². The van der Waals surface area contributed by atoms with Gasteiger partial charge in [0, 0.05) is 6.20 Å². The van der Waals surface area contributed by atoms with Crippen LogP contribution >= 0.6 is 11.6 Å². The molecule has 0 bridgehead atoms. The van der Waals surface area contributed by atoms with E-state index in [-0.39, 0.29) is 0 Å². The molecule has 17 heavy (non-hydrogen) atoms. The molecular formula is C10H8ClN5O. The van der Waals surface area contributed by atoms with Crippen LogP contribution in [0.25, 0.3) is 17.1 Å². The van der Waals surface area contributed by atoms with E-state index in [1.165, 1.54) is 0 Å². The lowest BCUT2D eigenvalue weighted by atomic mass is 10.2. The fraction of sp³-hybridized carbons (Fsp3) is 0.200. The van der Waals surface area contributed by atoms with E-state index in [1.807, 2.05) is 22.7 Å². The van der Waals surface area contributed by atoms with Crippen molar-refractivity contribution in [2.24, 2.45) is 0 Å². The number of nitrogens with zero attached hydrogens (tertiary/aromatic N) is 5. The minimum atomic E-state index is 0.299. The number of aryl methyl sites for hydroxylation is 1. The first kappa shape index (κ1) is 10.2. The van der Waals surface area contributed by atoms with Gasteiger partial charge in [-0.15, -0.1) is 21.8 Å². The normalized spacial score (nSPS) is 11.2. The first-order valence-corrected chi connectivity index (χ1v) is 5.52. The van der Waals surface area contributed by atoms with E-state index in [0.29, 0.717) is 29.1 Å². The van der Waals surface area contributed by atoms with Crippen LogP contribution in [0, 0.1) is 6.92 Å². The number of hydrogen-bond donors (Lipinski definition) is 0. The molecule has 86 valence electrons. The minimum absolute atomic E-state index is 0.299. The number of aromatic nitrogens is 5. The number of alkyl halides is 1. The second kappa shape index (κ2) is 3.81. The van der Waals surface area contributed by atoms with Crippen molar-refractivity contribution in [1.29, 1.82) is 0 Å². The van der Waals surface area contributed by atoms with Gasteiger partial charge in [0.25, 0.3) is 5.89 Å². The van der Waals surface area contributed by atoms with E-state index in [1.54, 1.807) is 6.92 Å². The molecule has 6 nitrogen and oxygen atoms in total. The van der Waals surface area contributed by atoms with Crippen LogP contribution in [-0.2, 0) is 5.88 Å². The quantitative estimate of drug-likeness (QED) is 0.648. The van der Waals surface area contributed by atoms with E-state index in [2.05, 4.69) is 20.3 Å². The van der Waals surface area contributed by atoms with Crippen molar-refractivity contribution in [2.75, 3.05) is 0 Å². The Kier molecular flexibility index (Phi) is 2.29. The van der Waals surface area contributed by atoms with Crippen molar-refractivity contribution in [3.8, 4) is 11.5 Å². The van der Waals surface area contributed by atoms with Crippen LogP contribution < -0.4 is 0 Å². The maximum absolute atomic E-state index is 5.77. The molecule has 7 heteroatoms. The smallest absolute Gasteiger partial charge is 0.261 e. The van der Waals surface area contributed by atoms with Crippen LogP contribution in [-0.4, -0.2) is 24.7 Å². The number of fused-ring (bicyclic) bond motifs is 1. The van der Waals surface area contributed by atoms with Gasteiger partial charge in [0.2, 0.25) is 0 Å². The van der Waals surface area contributed by atoms with Gasteiger partial charge >= 0.3 is 0 Å². The van der Waals surface area contributed by atoms with Gasteiger partial charge in [-0.25, -0.2) is 0 Å². The van der Waals surface area contributed by atoms with Crippen molar-refractivity contribution in [2.45, 2.75) is 12.8 Å². The summed E-state index contributed by atoms with van der Waals surface area (Å²) in [4.78, 5) is 4.17. The van der Waals surface area contributed by atoms with E-state index in [0.717, 1.165) is 5.56 Å². The summed E-state index contributed by atoms with van der Waals surface area (Å²) in [6, 6.07) is 3.72. The zero-order valence-electron chi connectivity index (χ0n) is 8.96. The van der Waals surface area contributed by atoms with Crippen LogP contribution in [0.2, 0.25) is 0 Å². The number of hydrogen-bond acceptors (Lipinski definition) is 5. The van der Waals surface area contributed by atoms with Crippen molar-refractivity contribution < 1.29 is 4.52 Å². The second-order valence-corrected chi connectivity index (χ2v) is 3.78. The second-order valence-electron chi connectivity index (χ2n) is 3.51. The molecule has 3 rings (SSSR count).